The summed E-state index contributed by atoms with van der Waals surface area (Å²) in [6.07, 6.45) is 0.728. The third-order valence-corrected chi connectivity index (χ3v) is 2.45. The van der Waals surface area contributed by atoms with Gasteiger partial charge < -0.3 is 15.8 Å². The SMILES string of the molecule is Cc1cc(F)ccc1C(=O)NCCCOCCN. The Morgan fingerprint density at radius 1 is 1.44 bits per heavy atom. The van der Waals surface area contributed by atoms with Crippen molar-refractivity contribution in [3.63, 3.8) is 0 Å². The van der Waals surface area contributed by atoms with E-state index in [0.717, 1.165) is 6.42 Å². The van der Waals surface area contributed by atoms with Crippen molar-refractivity contribution >= 4 is 5.91 Å². The van der Waals surface area contributed by atoms with Crippen molar-refractivity contribution in [2.75, 3.05) is 26.3 Å². The van der Waals surface area contributed by atoms with Crippen LogP contribution >= 0.6 is 0 Å². The Labute approximate surface area is 106 Å². The average molecular weight is 254 g/mol. The van der Waals surface area contributed by atoms with Gasteiger partial charge in [-0.3, -0.25) is 4.79 Å². The summed E-state index contributed by atoms with van der Waals surface area (Å²) in [7, 11) is 0. The standard InChI is InChI=1S/C13H19FN2O2/c1-10-9-11(14)3-4-12(10)13(17)16-6-2-7-18-8-5-15/h3-4,9H,2,5-8,15H2,1H3,(H,16,17). The van der Waals surface area contributed by atoms with Crippen LogP contribution in [0.1, 0.15) is 22.3 Å². The van der Waals surface area contributed by atoms with E-state index >= 15 is 0 Å². The van der Waals surface area contributed by atoms with E-state index in [0.29, 0.717) is 37.4 Å². The molecule has 0 saturated heterocycles. The highest BCUT2D eigenvalue weighted by Crippen LogP contribution is 2.09. The van der Waals surface area contributed by atoms with Crippen molar-refractivity contribution in [2.24, 2.45) is 5.73 Å². The summed E-state index contributed by atoms with van der Waals surface area (Å²) in [5.74, 6) is -0.523. The monoisotopic (exact) mass is 254 g/mol. The summed E-state index contributed by atoms with van der Waals surface area (Å²) in [6.45, 7) is 3.84. The van der Waals surface area contributed by atoms with Gasteiger partial charge >= 0.3 is 0 Å². The molecule has 0 atom stereocenters. The molecule has 1 rings (SSSR count). The fraction of sp³-hybridized carbons (Fsp3) is 0.462. The van der Waals surface area contributed by atoms with Gasteiger partial charge in [-0.15, -0.1) is 0 Å². The maximum atomic E-state index is 12.9. The second kappa shape index (κ2) is 7.79. The van der Waals surface area contributed by atoms with Crippen LogP contribution in [0.15, 0.2) is 18.2 Å². The lowest BCUT2D eigenvalue weighted by atomic mass is 10.1. The number of rotatable bonds is 7. The number of carbonyl (C=O) groups excluding carboxylic acids is 1. The quantitative estimate of drug-likeness (QED) is 0.719. The van der Waals surface area contributed by atoms with Gasteiger partial charge in [-0.05, 0) is 37.1 Å². The van der Waals surface area contributed by atoms with E-state index in [1.54, 1.807) is 6.92 Å². The normalized spacial score (nSPS) is 10.4. The Morgan fingerprint density at radius 2 is 2.22 bits per heavy atom. The fourth-order valence-electron chi connectivity index (χ4n) is 1.54. The number of hydrogen-bond donors (Lipinski definition) is 2. The Balaban J connectivity index is 2.32. The van der Waals surface area contributed by atoms with Crippen LogP contribution in [0.2, 0.25) is 0 Å². The van der Waals surface area contributed by atoms with Gasteiger partial charge in [0.2, 0.25) is 0 Å². The molecule has 0 aliphatic rings. The maximum Gasteiger partial charge on any atom is 0.251 e. The molecule has 4 nitrogen and oxygen atoms in total. The van der Waals surface area contributed by atoms with Crippen molar-refractivity contribution in [2.45, 2.75) is 13.3 Å². The fourth-order valence-corrected chi connectivity index (χ4v) is 1.54. The lowest BCUT2D eigenvalue weighted by Crippen LogP contribution is -2.26. The van der Waals surface area contributed by atoms with Crippen LogP contribution in [-0.4, -0.2) is 32.2 Å². The number of nitrogens with two attached hydrogens (primary N) is 1. The van der Waals surface area contributed by atoms with Crippen LogP contribution in [0.25, 0.3) is 0 Å². The summed E-state index contributed by atoms with van der Waals surface area (Å²) < 4.78 is 18.1. The van der Waals surface area contributed by atoms with E-state index in [9.17, 15) is 9.18 Å². The topological polar surface area (TPSA) is 64.3 Å². The number of ether oxygens (including phenoxy) is 1. The van der Waals surface area contributed by atoms with Crippen LogP contribution in [0.5, 0.6) is 0 Å². The minimum Gasteiger partial charge on any atom is -0.380 e. The second-order valence-electron chi connectivity index (χ2n) is 3.97. The number of carbonyl (C=O) groups is 1. The molecule has 1 aromatic rings. The maximum absolute atomic E-state index is 12.9. The van der Waals surface area contributed by atoms with Crippen molar-refractivity contribution in [1.29, 1.82) is 0 Å². The predicted octanol–water partition coefficient (Wildman–Crippen LogP) is 1.23. The molecule has 1 aromatic carbocycles. The highest BCUT2D eigenvalue weighted by molar-refractivity contribution is 5.95. The molecule has 0 aliphatic heterocycles. The molecule has 0 bridgehead atoms. The first-order valence-corrected chi connectivity index (χ1v) is 5.97. The average Bonchev–Trinajstić information content (AvgIpc) is 2.33. The van der Waals surface area contributed by atoms with Crippen LogP contribution in [0, 0.1) is 12.7 Å². The lowest BCUT2D eigenvalue weighted by molar-refractivity contribution is 0.0942. The summed E-state index contributed by atoms with van der Waals surface area (Å²) in [6, 6.07) is 4.12. The van der Waals surface area contributed by atoms with Crippen LogP contribution in [-0.2, 0) is 4.74 Å². The Kier molecular flexibility index (Phi) is 6.32. The summed E-state index contributed by atoms with van der Waals surface area (Å²) in [4.78, 5) is 11.8. The Hall–Kier alpha value is -1.46. The van der Waals surface area contributed by atoms with Gasteiger partial charge in [0, 0.05) is 25.3 Å². The molecule has 100 valence electrons. The van der Waals surface area contributed by atoms with Crippen LogP contribution < -0.4 is 11.1 Å². The lowest BCUT2D eigenvalue weighted by Gasteiger charge is -2.08. The molecule has 0 aliphatic carbocycles. The van der Waals surface area contributed by atoms with Crippen LogP contribution in [0.3, 0.4) is 0 Å². The Bertz CT molecular complexity index is 397. The smallest absolute Gasteiger partial charge is 0.251 e. The number of nitrogens with one attached hydrogen (secondary N) is 1. The molecule has 3 N–H and O–H groups in total. The zero-order valence-corrected chi connectivity index (χ0v) is 10.5. The molecule has 0 radical (unpaired) electrons. The van der Waals surface area contributed by atoms with Crippen molar-refractivity contribution in [3.8, 4) is 0 Å². The summed E-state index contributed by atoms with van der Waals surface area (Å²) >= 11 is 0. The molecular weight excluding hydrogens is 235 g/mol. The highest BCUT2D eigenvalue weighted by Gasteiger charge is 2.08. The minimum atomic E-state index is -0.334. The predicted molar refractivity (Wildman–Crippen MR) is 68.0 cm³/mol. The summed E-state index contributed by atoms with van der Waals surface area (Å²) in [5, 5.41) is 2.76. The van der Waals surface area contributed by atoms with E-state index < -0.39 is 0 Å². The van der Waals surface area contributed by atoms with E-state index in [1.165, 1.54) is 18.2 Å². The Morgan fingerprint density at radius 3 is 2.89 bits per heavy atom. The number of benzene rings is 1. The van der Waals surface area contributed by atoms with Gasteiger partial charge in [-0.2, -0.15) is 0 Å². The third-order valence-electron chi connectivity index (χ3n) is 2.45. The van der Waals surface area contributed by atoms with Crippen molar-refractivity contribution in [3.05, 3.63) is 35.1 Å². The van der Waals surface area contributed by atoms with E-state index in [2.05, 4.69) is 5.32 Å². The van der Waals surface area contributed by atoms with Gasteiger partial charge in [-0.25, -0.2) is 4.39 Å². The first-order chi connectivity index (χ1) is 8.65. The van der Waals surface area contributed by atoms with E-state index in [4.69, 9.17) is 10.5 Å². The summed E-state index contributed by atoms with van der Waals surface area (Å²) in [5.41, 5.74) is 6.40. The zero-order chi connectivity index (χ0) is 13.4. The molecular formula is C13H19FN2O2. The van der Waals surface area contributed by atoms with Crippen molar-refractivity contribution < 1.29 is 13.9 Å². The molecule has 0 aromatic heterocycles. The second-order valence-corrected chi connectivity index (χ2v) is 3.97. The number of amides is 1. The molecule has 1 amide bonds. The zero-order valence-electron chi connectivity index (χ0n) is 10.5. The largest absolute Gasteiger partial charge is 0.380 e. The van der Waals surface area contributed by atoms with Gasteiger partial charge in [0.25, 0.3) is 5.91 Å². The molecule has 0 spiro atoms. The van der Waals surface area contributed by atoms with Gasteiger partial charge in [0.1, 0.15) is 5.82 Å². The first kappa shape index (κ1) is 14.6. The number of hydrogen-bond acceptors (Lipinski definition) is 3. The number of halogens is 1. The van der Waals surface area contributed by atoms with Gasteiger partial charge in [-0.1, -0.05) is 0 Å². The molecule has 18 heavy (non-hydrogen) atoms. The third kappa shape index (κ3) is 4.81. The molecule has 0 heterocycles. The van der Waals surface area contributed by atoms with Gasteiger partial charge in [0.15, 0.2) is 0 Å². The number of aryl methyl sites for hydroxylation is 1. The van der Waals surface area contributed by atoms with Crippen molar-refractivity contribution in [1.82, 2.24) is 5.32 Å². The highest BCUT2D eigenvalue weighted by atomic mass is 19.1. The van der Waals surface area contributed by atoms with E-state index in [1.807, 2.05) is 0 Å². The first-order valence-electron chi connectivity index (χ1n) is 5.97. The molecule has 0 unspecified atom stereocenters. The van der Waals surface area contributed by atoms with Gasteiger partial charge in [0.05, 0.1) is 6.61 Å². The molecule has 5 heteroatoms. The molecule has 0 saturated carbocycles. The van der Waals surface area contributed by atoms with E-state index in [-0.39, 0.29) is 11.7 Å². The molecule has 0 fully saturated rings. The minimum absolute atomic E-state index is 0.189. The van der Waals surface area contributed by atoms with Crippen LogP contribution in [0.4, 0.5) is 4.39 Å².